The molecule has 1 rings (SSSR count). The maximum atomic E-state index is 14.9. The number of ether oxygens (including phenoxy) is 5. The number of hydrogen-bond acceptors (Lipinski definition) is 15. The molecule has 594 valence electrons. The minimum Gasteiger partial charge on any atom is -0.462 e. The Hall–Kier alpha value is -3.19. The lowest BCUT2D eigenvalue weighted by Gasteiger charge is -2.46. The summed E-state index contributed by atoms with van der Waals surface area (Å²) in [7, 11) is -3.95. The molecule has 0 aliphatic carbocycles. The first-order valence-electron chi connectivity index (χ1n) is 42.0. The summed E-state index contributed by atoms with van der Waals surface area (Å²) in [6.07, 6.45) is 45.7. The average Bonchev–Trinajstić information content (AvgIpc) is 0.781. The SMILES string of the molecule is CCCCCCCCCCC[C@H](CC(=O)NCCO[C@@H]1O[C@H](CO)[C@@H](OP(=O)(O)OC)[C@@H](NC(=O)C[C@@H](CCCCCCCCCCC)OC(=O)CCCCCCCCC)[C@H]1NC(=O)C[C@@H](CCCCCCCCCCC)OC(=O)CCCCCCCCC)OC(=O)CCCCCCCCC. The summed E-state index contributed by atoms with van der Waals surface area (Å²) >= 11 is 0. The second-order valence-electron chi connectivity index (χ2n) is 29.3. The third kappa shape index (κ3) is 55.0. The van der Waals surface area contributed by atoms with Crippen molar-refractivity contribution in [3.05, 3.63) is 0 Å². The van der Waals surface area contributed by atoms with Gasteiger partial charge in [-0.15, -0.1) is 0 Å². The average molecular weight is 1460 g/mol. The van der Waals surface area contributed by atoms with Crippen molar-refractivity contribution in [3.63, 3.8) is 0 Å². The van der Waals surface area contributed by atoms with E-state index in [1.54, 1.807) is 0 Å². The molecule has 0 spiro atoms. The Morgan fingerprint density at radius 3 is 0.970 bits per heavy atom. The van der Waals surface area contributed by atoms with Crippen LogP contribution < -0.4 is 16.0 Å². The van der Waals surface area contributed by atoms with Crippen LogP contribution in [-0.4, -0.2) is 121 Å². The number of rotatable bonds is 73. The normalized spacial score (nSPS) is 17.6. The first-order valence-corrected chi connectivity index (χ1v) is 43.5. The van der Waals surface area contributed by atoms with E-state index in [2.05, 4.69) is 57.5 Å². The summed E-state index contributed by atoms with van der Waals surface area (Å²) in [5.74, 6) is -2.71. The summed E-state index contributed by atoms with van der Waals surface area (Å²) in [4.78, 5) is 95.0. The lowest BCUT2D eigenvalue weighted by atomic mass is 9.93. The zero-order valence-corrected chi connectivity index (χ0v) is 66.5. The van der Waals surface area contributed by atoms with Crippen molar-refractivity contribution in [2.45, 2.75) is 456 Å². The molecular formula is C81H154N3O16P. The van der Waals surface area contributed by atoms with Gasteiger partial charge in [-0.05, 0) is 57.8 Å². The topological polar surface area (TPSA) is 261 Å². The summed E-state index contributed by atoms with van der Waals surface area (Å²) in [6, 6.07) is -2.87. The Bertz CT molecular complexity index is 2060. The van der Waals surface area contributed by atoms with Gasteiger partial charge >= 0.3 is 25.7 Å². The fourth-order valence-corrected chi connectivity index (χ4v) is 14.2. The number of unbranched alkanes of at least 4 members (excludes halogenated alkanes) is 42. The number of hydrogen-bond donors (Lipinski definition) is 5. The number of amides is 3. The van der Waals surface area contributed by atoms with Crippen LogP contribution in [0.15, 0.2) is 0 Å². The van der Waals surface area contributed by atoms with Gasteiger partial charge in [0.25, 0.3) is 0 Å². The maximum Gasteiger partial charge on any atom is 0.472 e. The van der Waals surface area contributed by atoms with E-state index in [0.29, 0.717) is 44.9 Å². The molecule has 1 saturated heterocycles. The highest BCUT2D eigenvalue weighted by molar-refractivity contribution is 7.47. The molecular weight excluding hydrogens is 1300 g/mol. The number of carbonyl (C=O) groups is 6. The summed E-state index contributed by atoms with van der Waals surface area (Å²) in [6.45, 7) is 12.1. The van der Waals surface area contributed by atoms with Crippen LogP contribution in [0.1, 0.15) is 408 Å². The van der Waals surface area contributed by atoms with Gasteiger partial charge in [0.15, 0.2) is 6.29 Å². The number of nitrogens with one attached hydrogen (secondary N) is 3. The van der Waals surface area contributed by atoms with Crippen LogP contribution in [0.5, 0.6) is 0 Å². The van der Waals surface area contributed by atoms with Gasteiger partial charge in [0.05, 0.1) is 38.5 Å². The minimum atomic E-state index is -4.93. The number of phosphoric ester groups is 1. The van der Waals surface area contributed by atoms with Crippen LogP contribution in [0.4, 0.5) is 0 Å². The van der Waals surface area contributed by atoms with Crippen LogP contribution in [0.3, 0.4) is 0 Å². The van der Waals surface area contributed by atoms with E-state index in [0.717, 1.165) is 174 Å². The third-order valence-corrected chi connectivity index (χ3v) is 20.7. The zero-order chi connectivity index (χ0) is 74.1. The predicted molar refractivity (Wildman–Crippen MR) is 407 cm³/mol. The molecule has 0 aromatic heterocycles. The van der Waals surface area contributed by atoms with Crippen molar-refractivity contribution in [1.82, 2.24) is 16.0 Å². The van der Waals surface area contributed by atoms with Crippen molar-refractivity contribution in [2.24, 2.45) is 0 Å². The fourth-order valence-electron chi connectivity index (χ4n) is 13.5. The maximum absolute atomic E-state index is 14.9. The van der Waals surface area contributed by atoms with Crippen LogP contribution >= 0.6 is 7.82 Å². The fraction of sp³-hybridized carbons (Fsp3) is 0.926. The summed E-state index contributed by atoms with van der Waals surface area (Å²) in [5.41, 5.74) is 0. The molecule has 1 unspecified atom stereocenters. The van der Waals surface area contributed by atoms with Gasteiger partial charge in [-0.3, -0.25) is 37.8 Å². The lowest BCUT2D eigenvalue weighted by Crippen LogP contribution is -2.70. The van der Waals surface area contributed by atoms with E-state index in [1.807, 2.05) is 0 Å². The van der Waals surface area contributed by atoms with Crippen molar-refractivity contribution in [1.29, 1.82) is 0 Å². The molecule has 1 heterocycles. The highest BCUT2D eigenvalue weighted by atomic mass is 31.2. The highest BCUT2D eigenvalue weighted by Crippen LogP contribution is 2.46. The number of carbonyl (C=O) groups excluding carboxylic acids is 6. The Labute approximate surface area is 615 Å². The molecule has 20 heteroatoms. The molecule has 0 saturated carbocycles. The van der Waals surface area contributed by atoms with E-state index in [-0.39, 0.29) is 63.6 Å². The van der Waals surface area contributed by atoms with Gasteiger partial charge in [-0.25, -0.2) is 4.57 Å². The molecule has 1 aliphatic heterocycles. The number of aliphatic hydroxyl groups is 1. The van der Waals surface area contributed by atoms with E-state index < -0.39 is 87.1 Å². The number of aliphatic hydroxyl groups excluding tert-OH is 1. The quantitative estimate of drug-likeness (QED) is 0.0164. The van der Waals surface area contributed by atoms with Crippen LogP contribution in [0.2, 0.25) is 0 Å². The molecule has 0 aromatic carbocycles. The van der Waals surface area contributed by atoms with Crippen molar-refractivity contribution >= 4 is 43.5 Å². The smallest absolute Gasteiger partial charge is 0.462 e. The van der Waals surface area contributed by atoms with Gasteiger partial charge in [0.2, 0.25) is 17.7 Å². The van der Waals surface area contributed by atoms with Crippen LogP contribution in [-0.2, 0) is 66.1 Å². The molecule has 9 atom stereocenters. The standard InChI is InChI=1S/C81H154N3O16P/c1-8-14-20-26-32-35-41-44-50-56-68(96-75(89)59-53-47-38-29-23-17-11-4)64-72(86)82-62-63-95-81-79(84-74(88)66-70(58-52-46-43-37-34-28-22-16-10-3)98-77(91)61-55-49-40-31-25-19-13-6)78(80(71(67-85)99-81)100-101(92,93)94-7)83-73(87)65-69(57-51-45-42-36-33-27-21-15-9-2)97-76(90)60-54-48-39-30-24-18-12-5/h68-71,78-81,85H,8-67H2,1-7H3,(H,82,86)(H,83,87)(H,84,88)(H,92,93)/t68-,69-,70-,71-,78+,79-,80-,81-/m1/s1. The second-order valence-corrected chi connectivity index (χ2v) is 30.8. The molecule has 101 heavy (non-hydrogen) atoms. The van der Waals surface area contributed by atoms with Gasteiger partial charge < -0.3 is 49.6 Å². The Morgan fingerprint density at radius 2 is 0.673 bits per heavy atom. The van der Waals surface area contributed by atoms with Gasteiger partial charge in [0.1, 0.15) is 36.6 Å². The summed E-state index contributed by atoms with van der Waals surface area (Å²) < 4.78 is 55.3. The molecule has 0 bridgehead atoms. The first-order chi connectivity index (χ1) is 49.1. The molecule has 3 amide bonds. The number of phosphoric acid groups is 1. The highest BCUT2D eigenvalue weighted by Gasteiger charge is 2.51. The second kappa shape index (κ2) is 67.4. The van der Waals surface area contributed by atoms with Gasteiger partial charge in [-0.1, -0.05) is 311 Å². The van der Waals surface area contributed by atoms with E-state index in [9.17, 15) is 43.3 Å². The van der Waals surface area contributed by atoms with E-state index in [4.69, 9.17) is 32.7 Å². The minimum absolute atomic E-state index is 0.0583. The molecule has 0 aromatic rings. The number of esters is 3. The zero-order valence-electron chi connectivity index (χ0n) is 65.6. The van der Waals surface area contributed by atoms with Gasteiger partial charge in [-0.2, -0.15) is 0 Å². The molecule has 5 N–H and O–H groups in total. The molecule has 1 fully saturated rings. The van der Waals surface area contributed by atoms with Crippen LogP contribution in [0, 0.1) is 0 Å². The van der Waals surface area contributed by atoms with Crippen molar-refractivity contribution in [2.75, 3.05) is 26.9 Å². The van der Waals surface area contributed by atoms with Crippen molar-refractivity contribution < 1.29 is 76.1 Å². The molecule has 0 radical (unpaired) electrons. The predicted octanol–water partition coefficient (Wildman–Crippen LogP) is 20.0. The molecule has 19 nitrogen and oxygen atoms in total. The Balaban J connectivity index is 3.74. The Morgan fingerprint density at radius 1 is 0.396 bits per heavy atom. The van der Waals surface area contributed by atoms with E-state index in [1.165, 1.54) is 116 Å². The third-order valence-electron chi connectivity index (χ3n) is 19.7. The first kappa shape index (κ1) is 95.8. The van der Waals surface area contributed by atoms with Gasteiger partial charge in [0, 0.05) is 32.9 Å². The summed E-state index contributed by atoms with van der Waals surface area (Å²) in [5, 5.41) is 19.9. The largest absolute Gasteiger partial charge is 0.472 e. The van der Waals surface area contributed by atoms with Crippen molar-refractivity contribution in [3.8, 4) is 0 Å². The lowest BCUT2D eigenvalue weighted by molar-refractivity contribution is -0.247. The molecule has 1 aliphatic rings. The van der Waals surface area contributed by atoms with E-state index >= 15 is 0 Å². The monoisotopic (exact) mass is 1460 g/mol. The Kier molecular flexibility index (Phi) is 64.0. The van der Waals surface area contributed by atoms with Crippen LogP contribution in [0.25, 0.3) is 0 Å².